The van der Waals surface area contributed by atoms with Gasteiger partial charge in [0.1, 0.15) is 18.2 Å². The quantitative estimate of drug-likeness (QED) is 0.0884. The molecule has 0 spiro atoms. The van der Waals surface area contributed by atoms with Crippen molar-refractivity contribution < 1.29 is 33.3 Å². The largest absolute Gasteiger partial charge is 0.494 e. The van der Waals surface area contributed by atoms with Crippen LogP contribution in [0.1, 0.15) is 68.4 Å². The third-order valence-electron chi connectivity index (χ3n) is 7.94. The molecule has 254 valence electrons. The second-order valence-corrected chi connectivity index (χ2v) is 12.8. The average Bonchev–Trinajstić information content (AvgIpc) is 3.07. The summed E-state index contributed by atoms with van der Waals surface area (Å²) >= 11 is 0. The van der Waals surface area contributed by atoms with Gasteiger partial charge in [0.25, 0.3) is 0 Å². The Morgan fingerprint density at radius 1 is 0.854 bits per heavy atom. The zero-order valence-corrected chi connectivity index (χ0v) is 28.0. The molecular formula is C37H44N4O7. The molecule has 0 atom stereocenters. The number of piperidine rings is 1. The number of nitrogens with one attached hydrogen (secondary N) is 3. The van der Waals surface area contributed by atoms with E-state index in [-0.39, 0.29) is 18.0 Å². The molecule has 3 aromatic carbocycles. The van der Waals surface area contributed by atoms with Crippen LogP contribution >= 0.6 is 0 Å². The number of amidine groups is 2. The van der Waals surface area contributed by atoms with Gasteiger partial charge in [-0.2, -0.15) is 0 Å². The van der Waals surface area contributed by atoms with Crippen molar-refractivity contribution >= 4 is 29.7 Å². The summed E-state index contributed by atoms with van der Waals surface area (Å²) in [6, 6.07) is 21.3. The molecule has 0 aliphatic carbocycles. The topological polar surface area (TPSA) is 151 Å². The van der Waals surface area contributed by atoms with Gasteiger partial charge in [-0.1, -0.05) is 48.5 Å². The number of nitrogens with zero attached hydrogens (tertiary/aromatic N) is 1. The Morgan fingerprint density at radius 2 is 1.56 bits per heavy atom. The van der Waals surface area contributed by atoms with Crippen molar-refractivity contribution in [3.05, 3.63) is 89.5 Å². The molecule has 0 unspecified atom stereocenters. The predicted molar refractivity (Wildman–Crippen MR) is 182 cm³/mol. The first-order valence-electron chi connectivity index (χ1n) is 16.0. The van der Waals surface area contributed by atoms with Gasteiger partial charge < -0.3 is 23.8 Å². The Hall–Kier alpha value is -5.19. The van der Waals surface area contributed by atoms with Gasteiger partial charge in [-0.25, -0.2) is 9.59 Å². The Morgan fingerprint density at radius 3 is 2.25 bits per heavy atom. The molecule has 0 bridgehead atoms. The van der Waals surface area contributed by atoms with Crippen molar-refractivity contribution in [1.29, 1.82) is 10.8 Å². The molecule has 3 aromatic rings. The minimum Gasteiger partial charge on any atom is -0.494 e. The van der Waals surface area contributed by atoms with E-state index in [0.717, 1.165) is 37.9 Å². The highest BCUT2D eigenvalue weighted by Gasteiger charge is 2.24. The molecule has 4 rings (SSSR count). The van der Waals surface area contributed by atoms with E-state index in [0.29, 0.717) is 40.8 Å². The third kappa shape index (κ3) is 10.7. The Balaban J connectivity index is 1.46. The summed E-state index contributed by atoms with van der Waals surface area (Å²) in [5, 5.41) is 18.8. The summed E-state index contributed by atoms with van der Waals surface area (Å²) in [5.74, 6) is 0.192. The minimum atomic E-state index is -0.750. The van der Waals surface area contributed by atoms with Gasteiger partial charge in [0.05, 0.1) is 23.4 Å². The smallest absolute Gasteiger partial charge is 0.413 e. The number of alkyl carbamates (subject to hydrolysis) is 1. The molecule has 1 aliphatic heterocycles. The normalized spacial score (nSPS) is 13.3. The molecule has 11 heteroatoms. The number of hydrogen-bond acceptors (Lipinski definition) is 9. The molecule has 1 amide bonds. The molecule has 48 heavy (non-hydrogen) atoms. The second-order valence-electron chi connectivity index (χ2n) is 12.8. The molecule has 1 saturated heterocycles. The number of esters is 2. The maximum atomic E-state index is 13.1. The maximum Gasteiger partial charge on any atom is 0.413 e. The van der Waals surface area contributed by atoms with Crippen LogP contribution in [0.4, 0.5) is 4.79 Å². The number of amides is 1. The van der Waals surface area contributed by atoms with E-state index in [2.05, 4.69) is 10.2 Å². The van der Waals surface area contributed by atoms with Gasteiger partial charge in [-0.3, -0.25) is 20.9 Å². The lowest BCUT2D eigenvalue weighted by Gasteiger charge is -2.32. The molecule has 11 nitrogen and oxygen atoms in total. The number of hydrogen-bond donors (Lipinski definition) is 3. The first kappa shape index (κ1) is 35.7. The zero-order valence-electron chi connectivity index (χ0n) is 28.0. The zero-order chi connectivity index (χ0) is 34.7. The monoisotopic (exact) mass is 656 g/mol. The highest BCUT2D eigenvalue weighted by atomic mass is 16.7. The van der Waals surface area contributed by atoms with E-state index in [1.54, 1.807) is 51.1 Å². The Kier molecular flexibility index (Phi) is 12.3. The van der Waals surface area contributed by atoms with Crippen molar-refractivity contribution in [2.45, 2.75) is 53.6 Å². The molecule has 0 radical (unpaired) electrons. The first-order chi connectivity index (χ1) is 22.9. The summed E-state index contributed by atoms with van der Waals surface area (Å²) in [6.07, 6.45) is 2.05. The van der Waals surface area contributed by atoms with E-state index in [1.807, 2.05) is 49.4 Å². The fraction of sp³-hybridized carbons (Fsp3) is 0.378. The highest BCUT2D eigenvalue weighted by molar-refractivity contribution is 6.05. The molecule has 0 saturated carbocycles. The number of ether oxygens (including phenoxy) is 4. The molecule has 3 N–H and O–H groups in total. The van der Waals surface area contributed by atoms with Gasteiger partial charge in [-0.15, -0.1) is 0 Å². The van der Waals surface area contributed by atoms with E-state index in [9.17, 15) is 14.4 Å². The number of carbonyl (C=O) groups excluding carboxylic acids is 3. The number of benzene rings is 3. The van der Waals surface area contributed by atoms with Crippen molar-refractivity contribution in [1.82, 2.24) is 10.2 Å². The van der Waals surface area contributed by atoms with E-state index in [1.165, 1.54) is 0 Å². The van der Waals surface area contributed by atoms with Crippen molar-refractivity contribution in [3.63, 3.8) is 0 Å². The summed E-state index contributed by atoms with van der Waals surface area (Å²) in [6.45, 7) is 8.63. The lowest BCUT2D eigenvalue weighted by atomic mass is 9.94. The minimum absolute atomic E-state index is 0.0731. The lowest BCUT2D eigenvalue weighted by Crippen LogP contribution is -2.36. The van der Waals surface area contributed by atoms with Crippen LogP contribution in [0.2, 0.25) is 0 Å². The van der Waals surface area contributed by atoms with Crippen LogP contribution in [0, 0.1) is 22.2 Å². The number of likely N-dealkylation sites (tertiary alicyclic amines) is 1. The number of rotatable bonds is 11. The van der Waals surface area contributed by atoms with Gasteiger partial charge >= 0.3 is 18.0 Å². The van der Waals surface area contributed by atoms with E-state index >= 15 is 0 Å². The van der Waals surface area contributed by atoms with Gasteiger partial charge in [0.15, 0.2) is 0 Å². The van der Waals surface area contributed by atoms with Crippen molar-refractivity contribution in [3.8, 4) is 16.9 Å². The van der Waals surface area contributed by atoms with Crippen LogP contribution in [-0.4, -0.2) is 61.1 Å². The van der Waals surface area contributed by atoms with Crippen LogP contribution in [0.5, 0.6) is 5.75 Å². The first-order valence-corrected chi connectivity index (χ1v) is 16.0. The van der Waals surface area contributed by atoms with Crippen molar-refractivity contribution in [2.75, 3.05) is 26.5 Å². The summed E-state index contributed by atoms with van der Waals surface area (Å²) in [5.41, 5.74) is 2.02. The third-order valence-corrected chi connectivity index (χ3v) is 7.94. The SMILES string of the molecule is CC(=N)N1CCC(CCOc2cc(C(=O)OCOC(=O)C(C)(C)C)cc(-c3cccc(C(=N)NC(=O)OCc4ccccc4)c3)c2)CC1. The van der Waals surface area contributed by atoms with Crippen LogP contribution < -0.4 is 10.1 Å². The highest BCUT2D eigenvalue weighted by Crippen LogP contribution is 2.29. The van der Waals surface area contributed by atoms with Gasteiger partial charge in [0.2, 0.25) is 6.79 Å². The standard InChI is InChI=1S/C37H44N4O7/c1-25(38)41-16-13-26(14-17-41)15-18-45-32-21-30(20-31(22-32)34(42)47-24-48-35(43)37(2,3)4)28-11-8-12-29(19-28)33(39)40-36(44)46-23-27-9-6-5-7-10-27/h5-12,19-22,26,38H,13-18,23-24H2,1-4H3,(H2,39,40,44). The van der Waals surface area contributed by atoms with Crippen LogP contribution in [0.3, 0.4) is 0 Å². The average molecular weight is 657 g/mol. The molecule has 1 aliphatic rings. The van der Waals surface area contributed by atoms with Crippen LogP contribution in [0.15, 0.2) is 72.8 Å². The van der Waals surface area contributed by atoms with Crippen LogP contribution in [-0.2, 0) is 25.6 Å². The Bertz CT molecular complexity index is 1610. The fourth-order valence-electron chi connectivity index (χ4n) is 5.09. The van der Waals surface area contributed by atoms with E-state index in [4.69, 9.17) is 29.8 Å². The predicted octanol–water partition coefficient (Wildman–Crippen LogP) is 6.79. The molecule has 1 heterocycles. The van der Waals surface area contributed by atoms with Crippen LogP contribution in [0.25, 0.3) is 11.1 Å². The fourth-order valence-corrected chi connectivity index (χ4v) is 5.09. The van der Waals surface area contributed by atoms with Gasteiger partial charge in [0, 0.05) is 18.7 Å². The maximum absolute atomic E-state index is 13.1. The molecular weight excluding hydrogens is 612 g/mol. The Labute approximate surface area is 281 Å². The lowest BCUT2D eigenvalue weighted by molar-refractivity contribution is -0.161. The molecule has 1 fully saturated rings. The summed E-state index contributed by atoms with van der Waals surface area (Å²) < 4.78 is 21.8. The number of carbonyl (C=O) groups is 3. The van der Waals surface area contributed by atoms with Crippen molar-refractivity contribution in [2.24, 2.45) is 11.3 Å². The van der Waals surface area contributed by atoms with E-state index < -0.39 is 30.2 Å². The van der Waals surface area contributed by atoms with Gasteiger partial charge in [-0.05, 0) is 93.8 Å². The summed E-state index contributed by atoms with van der Waals surface area (Å²) in [4.78, 5) is 39.7. The second kappa shape index (κ2) is 16.6. The molecule has 0 aromatic heterocycles. The summed E-state index contributed by atoms with van der Waals surface area (Å²) in [7, 11) is 0.